The highest BCUT2D eigenvalue weighted by atomic mass is 16.6. The van der Waals surface area contributed by atoms with E-state index in [1.54, 1.807) is 11.1 Å². The second-order valence-corrected chi connectivity index (χ2v) is 12.5. The van der Waals surface area contributed by atoms with E-state index in [9.17, 15) is 4.79 Å². The number of pyridine rings is 1. The molecule has 3 atom stereocenters. The summed E-state index contributed by atoms with van der Waals surface area (Å²) in [7, 11) is 2.13. The summed E-state index contributed by atoms with van der Waals surface area (Å²) in [4.78, 5) is 33.3. The third kappa shape index (κ3) is 5.17. The van der Waals surface area contributed by atoms with Crippen molar-refractivity contribution in [1.29, 1.82) is 0 Å². The Morgan fingerprint density at radius 3 is 2.67 bits per heavy atom. The lowest BCUT2D eigenvalue weighted by molar-refractivity contribution is -0.0893. The first-order chi connectivity index (χ1) is 20.1. The highest BCUT2D eigenvalue weighted by Crippen LogP contribution is 2.53. The highest BCUT2D eigenvalue weighted by Gasteiger charge is 2.55. The van der Waals surface area contributed by atoms with Gasteiger partial charge in [0.15, 0.2) is 0 Å². The van der Waals surface area contributed by atoms with Crippen LogP contribution in [0.3, 0.4) is 0 Å². The molecular formula is C30H41N9O3. The molecule has 1 amide bonds. The molecule has 2 saturated heterocycles. The molecule has 224 valence electrons. The van der Waals surface area contributed by atoms with Gasteiger partial charge < -0.3 is 24.6 Å². The third-order valence-electron chi connectivity index (χ3n) is 8.76. The number of amides is 1. The minimum Gasteiger partial charge on any atom is -0.447 e. The van der Waals surface area contributed by atoms with Crippen LogP contribution in [-0.2, 0) is 21.4 Å². The van der Waals surface area contributed by atoms with Crippen molar-refractivity contribution >= 4 is 35.2 Å². The Hall–Kier alpha value is -3.77. The predicted molar refractivity (Wildman–Crippen MR) is 161 cm³/mol. The van der Waals surface area contributed by atoms with Gasteiger partial charge in [-0.1, -0.05) is 19.9 Å². The monoisotopic (exact) mass is 575 g/mol. The van der Waals surface area contributed by atoms with Crippen LogP contribution in [0.15, 0.2) is 36.8 Å². The van der Waals surface area contributed by atoms with Gasteiger partial charge in [-0.25, -0.2) is 14.8 Å². The third-order valence-corrected chi connectivity index (χ3v) is 8.76. The largest absolute Gasteiger partial charge is 0.447 e. The molecule has 12 nitrogen and oxygen atoms in total. The van der Waals surface area contributed by atoms with Crippen LogP contribution in [0.5, 0.6) is 0 Å². The zero-order valence-corrected chi connectivity index (χ0v) is 25.4. The van der Waals surface area contributed by atoms with E-state index in [1.165, 1.54) is 0 Å². The number of hydrogen-bond acceptors (Lipinski definition) is 10. The normalized spacial score (nSPS) is 24.6. The SMILES string of the molecule is CCN(C)CCCn1cc(Nc2ncc3c(n2)N(c2cccc(N4C(=O)OC[C@@H]4C)n2)[C@@H]2CC(C)(C)OC[C@]32C)cn1. The summed E-state index contributed by atoms with van der Waals surface area (Å²) in [6.45, 7) is 14.4. The van der Waals surface area contributed by atoms with E-state index in [-0.39, 0.29) is 29.2 Å². The molecule has 0 spiro atoms. The molecule has 6 rings (SSSR count). The van der Waals surface area contributed by atoms with Gasteiger partial charge in [-0.05, 0) is 65.9 Å². The Balaban J connectivity index is 1.32. The molecule has 0 saturated carbocycles. The number of rotatable bonds is 9. The lowest BCUT2D eigenvalue weighted by atomic mass is 9.73. The molecule has 0 aromatic carbocycles. The summed E-state index contributed by atoms with van der Waals surface area (Å²) in [5.41, 5.74) is 1.20. The Morgan fingerprint density at radius 1 is 1.14 bits per heavy atom. The lowest BCUT2D eigenvalue weighted by Crippen LogP contribution is -2.54. The standard InChI is InChI=1S/C30H41N9O3/c1-7-36(6)12-9-13-37-17-21(15-32-37)33-27-31-16-22-26(35-27)39(23-14-29(3,4)42-19-30(22,23)5)25-11-8-10-24(34-25)38-20(2)18-41-28(38)40/h8,10-11,15-17,20,23H,7,9,12-14,18-19H2,1-6H3,(H,31,33,35)/t20-,23+,30+/m0/s1. The molecule has 0 bridgehead atoms. The van der Waals surface area contributed by atoms with Crippen LogP contribution in [0.1, 0.15) is 53.0 Å². The first-order valence-electron chi connectivity index (χ1n) is 14.8. The van der Waals surface area contributed by atoms with Crippen molar-refractivity contribution in [3.8, 4) is 0 Å². The van der Waals surface area contributed by atoms with Crippen LogP contribution in [0.2, 0.25) is 0 Å². The van der Waals surface area contributed by atoms with Gasteiger partial charge in [-0.15, -0.1) is 0 Å². The zero-order chi connectivity index (χ0) is 29.6. The van der Waals surface area contributed by atoms with E-state index in [0.29, 0.717) is 25.0 Å². The van der Waals surface area contributed by atoms with E-state index in [1.807, 2.05) is 42.2 Å². The van der Waals surface area contributed by atoms with Crippen LogP contribution in [0.4, 0.5) is 33.9 Å². The fraction of sp³-hybridized carbons (Fsp3) is 0.567. The second kappa shape index (κ2) is 10.8. The number of carbonyl (C=O) groups is 1. The van der Waals surface area contributed by atoms with Gasteiger partial charge >= 0.3 is 6.09 Å². The Bertz CT molecular complexity index is 1460. The molecule has 3 aromatic rings. The molecule has 3 aliphatic rings. The molecule has 0 aliphatic carbocycles. The van der Waals surface area contributed by atoms with Gasteiger partial charge in [0.05, 0.1) is 36.2 Å². The molecule has 42 heavy (non-hydrogen) atoms. The maximum absolute atomic E-state index is 12.5. The van der Waals surface area contributed by atoms with Crippen LogP contribution in [-0.4, -0.2) is 86.8 Å². The summed E-state index contributed by atoms with van der Waals surface area (Å²) in [6, 6.07) is 5.70. The van der Waals surface area contributed by atoms with E-state index in [2.05, 4.69) is 55.0 Å². The summed E-state index contributed by atoms with van der Waals surface area (Å²) < 4.78 is 13.6. The van der Waals surface area contributed by atoms with Gasteiger partial charge in [-0.3, -0.25) is 9.58 Å². The molecule has 2 fully saturated rings. The summed E-state index contributed by atoms with van der Waals surface area (Å²) in [5, 5.41) is 7.87. The van der Waals surface area contributed by atoms with Crippen LogP contribution in [0.25, 0.3) is 0 Å². The van der Waals surface area contributed by atoms with Crippen molar-refractivity contribution in [2.75, 3.05) is 48.5 Å². The number of cyclic esters (lactones) is 1. The number of aromatic nitrogens is 5. The van der Waals surface area contributed by atoms with E-state index < -0.39 is 0 Å². The number of ether oxygens (including phenoxy) is 2. The summed E-state index contributed by atoms with van der Waals surface area (Å²) >= 11 is 0. The minimum absolute atomic E-state index is 0.0375. The first kappa shape index (κ1) is 28.4. The quantitative estimate of drug-likeness (QED) is 0.392. The highest BCUT2D eigenvalue weighted by molar-refractivity contribution is 5.89. The molecule has 1 N–H and O–H groups in total. The van der Waals surface area contributed by atoms with Crippen LogP contribution in [0, 0.1) is 0 Å². The number of nitrogens with zero attached hydrogens (tertiary/aromatic N) is 8. The molecule has 3 aliphatic heterocycles. The number of hydrogen-bond donors (Lipinski definition) is 1. The molecule has 12 heteroatoms. The van der Waals surface area contributed by atoms with Crippen molar-refractivity contribution in [2.45, 2.75) is 77.1 Å². The van der Waals surface area contributed by atoms with Gasteiger partial charge in [-0.2, -0.15) is 10.1 Å². The average molecular weight is 576 g/mol. The van der Waals surface area contributed by atoms with Crippen LogP contribution >= 0.6 is 0 Å². The molecular weight excluding hydrogens is 534 g/mol. The molecule has 3 aromatic heterocycles. The molecule has 0 unspecified atom stereocenters. The first-order valence-corrected chi connectivity index (χ1v) is 14.8. The number of anilines is 5. The predicted octanol–water partition coefficient (Wildman–Crippen LogP) is 4.48. The lowest BCUT2D eigenvalue weighted by Gasteiger charge is -2.46. The van der Waals surface area contributed by atoms with Crippen LogP contribution < -0.4 is 15.1 Å². The van der Waals surface area contributed by atoms with Crippen molar-refractivity contribution in [3.63, 3.8) is 0 Å². The fourth-order valence-corrected chi connectivity index (χ4v) is 6.12. The van der Waals surface area contributed by atoms with Crippen molar-refractivity contribution < 1.29 is 14.3 Å². The van der Waals surface area contributed by atoms with E-state index in [4.69, 9.17) is 24.4 Å². The second-order valence-electron chi connectivity index (χ2n) is 12.5. The number of nitrogens with one attached hydrogen (secondary N) is 1. The Labute approximate surface area is 247 Å². The number of fused-ring (bicyclic) bond motifs is 3. The summed E-state index contributed by atoms with van der Waals surface area (Å²) in [6.07, 6.45) is 7.12. The average Bonchev–Trinajstić information content (AvgIpc) is 3.62. The molecule has 6 heterocycles. The van der Waals surface area contributed by atoms with E-state index >= 15 is 0 Å². The van der Waals surface area contributed by atoms with Gasteiger partial charge in [0, 0.05) is 29.9 Å². The minimum atomic E-state index is -0.377. The Morgan fingerprint density at radius 2 is 1.93 bits per heavy atom. The van der Waals surface area contributed by atoms with E-state index in [0.717, 1.165) is 55.4 Å². The number of aryl methyl sites for hydroxylation is 1. The van der Waals surface area contributed by atoms with Crippen molar-refractivity contribution in [1.82, 2.24) is 29.6 Å². The summed E-state index contributed by atoms with van der Waals surface area (Å²) in [5.74, 6) is 2.56. The number of carbonyl (C=O) groups excluding carboxylic acids is 1. The fourth-order valence-electron chi connectivity index (χ4n) is 6.12. The molecule has 0 radical (unpaired) electrons. The topological polar surface area (TPSA) is 114 Å². The maximum atomic E-state index is 12.5. The maximum Gasteiger partial charge on any atom is 0.415 e. The van der Waals surface area contributed by atoms with Gasteiger partial charge in [0.2, 0.25) is 5.95 Å². The Kier molecular flexibility index (Phi) is 7.30. The zero-order valence-electron chi connectivity index (χ0n) is 25.4. The van der Waals surface area contributed by atoms with Crippen molar-refractivity contribution in [3.05, 3.63) is 42.4 Å². The van der Waals surface area contributed by atoms with Crippen molar-refractivity contribution in [2.24, 2.45) is 0 Å². The van der Waals surface area contributed by atoms with Gasteiger partial charge in [0.25, 0.3) is 0 Å². The smallest absolute Gasteiger partial charge is 0.415 e. The van der Waals surface area contributed by atoms with Gasteiger partial charge in [0.1, 0.15) is 24.1 Å².